The zero-order valence-corrected chi connectivity index (χ0v) is 13.8. The molecule has 132 valence electrons. The van der Waals surface area contributed by atoms with Gasteiger partial charge in [-0.15, -0.1) is 0 Å². The summed E-state index contributed by atoms with van der Waals surface area (Å²) < 4.78 is 18.8. The summed E-state index contributed by atoms with van der Waals surface area (Å²) in [5.74, 6) is -3.73. The second kappa shape index (κ2) is 7.71. The third kappa shape index (κ3) is 4.18. The van der Waals surface area contributed by atoms with Crippen LogP contribution in [0.5, 0.6) is 5.75 Å². The zero-order chi connectivity index (χ0) is 18.6. The maximum absolute atomic E-state index is 13.9. The highest BCUT2D eigenvalue weighted by Gasteiger charge is 2.30. The van der Waals surface area contributed by atoms with Gasteiger partial charge in [0.25, 0.3) is 0 Å². The van der Waals surface area contributed by atoms with Crippen molar-refractivity contribution in [2.45, 2.75) is 26.4 Å². The van der Waals surface area contributed by atoms with Crippen molar-refractivity contribution in [1.82, 2.24) is 0 Å². The number of rotatable bonds is 7. The number of nitrogens with zero attached hydrogens (tertiary/aromatic N) is 2. The van der Waals surface area contributed by atoms with Gasteiger partial charge in [0.1, 0.15) is 0 Å². The van der Waals surface area contributed by atoms with Crippen molar-refractivity contribution in [3.8, 4) is 5.75 Å². The van der Waals surface area contributed by atoms with Crippen molar-refractivity contribution in [3.63, 3.8) is 0 Å². The van der Waals surface area contributed by atoms with Gasteiger partial charge in [-0.3, -0.25) is 10.1 Å². The van der Waals surface area contributed by atoms with E-state index in [0.717, 1.165) is 12.1 Å². The lowest BCUT2D eigenvalue weighted by atomic mass is 10.0. The van der Waals surface area contributed by atoms with Crippen molar-refractivity contribution in [1.29, 1.82) is 0 Å². The van der Waals surface area contributed by atoms with E-state index >= 15 is 0 Å². The first-order valence-electron chi connectivity index (χ1n) is 7.18. The lowest BCUT2D eigenvalue weighted by Crippen LogP contribution is -2.28. The lowest BCUT2D eigenvalue weighted by molar-refractivity contribution is -0.385. The van der Waals surface area contributed by atoms with Crippen molar-refractivity contribution in [2.75, 3.05) is 19.0 Å². The average molecular weight is 342 g/mol. The van der Waals surface area contributed by atoms with E-state index in [2.05, 4.69) is 0 Å². The van der Waals surface area contributed by atoms with Crippen LogP contribution in [0, 0.1) is 16.0 Å². The Balaban J connectivity index is 3.36. The number of ether oxygens (including phenoxy) is 1. The standard InChI is InChI=1S/C15H19FN2O6/c1-5-8(2)13(16)15(21)24-12-7-10(17(3)4)9(14(19)20)6-11(12)18(22)23/h6-8,13H,5H2,1-4H3,(H,19,20)/t8-,13-/m0/s1. The van der Waals surface area contributed by atoms with E-state index in [1.807, 2.05) is 0 Å². The normalized spacial score (nSPS) is 13.0. The number of nitro benzene ring substituents is 1. The molecule has 0 unspecified atom stereocenters. The fourth-order valence-corrected chi connectivity index (χ4v) is 1.93. The summed E-state index contributed by atoms with van der Waals surface area (Å²) in [6, 6.07) is 1.83. The fraction of sp³-hybridized carbons (Fsp3) is 0.467. The van der Waals surface area contributed by atoms with Crippen molar-refractivity contribution >= 4 is 23.3 Å². The predicted molar refractivity (Wildman–Crippen MR) is 84.4 cm³/mol. The average Bonchev–Trinajstić information content (AvgIpc) is 2.52. The molecule has 8 nitrogen and oxygen atoms in total. The van der Waals surface area contributed by atoms with Crippen LogP contribution in [0.1, 0.15) is 30.6 Å². The van der Waals surface area contributed by atoms with E-state index in [0.29, 0.717) is 6.42 Å². The molecule has 0 aliphatic rings. The highest BCUT2D eigenvalue weighted by atomic mass is 19.1. The molecule has 0 fully saturated rings. The van der Waals surface area contributed by atoms with Crippen LogP contribution in [0.2, 0.25) is 0 Å². The van der Waals surface area contributed by atoms with Crippen LogP contribution in [-0.2, 0) is 4.79 Å². The Labute approximate surface area is 138 Å². The maximum atomic E-state index is 13.9. The van der Waals surface area contributed by atoms with Gasteiger partial charge in [-0.05, 0) is 5.92 Å². The number of carboxylic acids is 1. The number of aromatic carboxylic acids is 1. The third-order valence-corrected chi connectivity index (χ3v) is 3.57. The van der Waals surface area contributed by atoms with E-state index in [1.165, 1.54) is 25.9 Å². The molecule has 0 aliphatic heterocycles. The molecule has 0 aromatic heterocycles. The van der Waals surface area contributed by atoms with Gasteiger partial charge in [0.2, 0.25) is 5.75 Å². The number of carbonyl (C=O) groups is 2. The molecule has 1 N–H and O–H groups in total. The molecular weight excluding hydrogens is 323 g/mol. The first kappa shape index (κ1) is 19.3. The largest absolute Gasteiger partial charge is 0.478 e. The van der Waals surface area contributed by atoms with Crippen LogP contribution in [-0.4, -0.2) is 42.2 Å². The van der Waals surface area contributed by atoms with Crippen LogP contribution in [0.3, 0.4) is 0 Å². The van der Waals surface area contributed by atoms with E-state index in [4.69, 9.17) is 9.84 Å². The molecule has 9 heteroatoms. The van der Waals surface area contributed by atoms with Crippen molar-refractivity contribution in [2.24, 2.45) is 5.92 Å². The summed E-state index contributed by atoms with van der Waals surface area (Å²) in [6.07, 6.45) is -1.55. The van der Waals surface area contributed by atoms with Crippen molar-refractivity contribution in [3.05, 3.63) is 27.8 Å². The molecule has 0 saturated carbocycles. The van der Waals surface area contributed by atoms with Crippen LogP contribution in [0.15, 0.2) is 12.1 Å². The number of halogens is 1. The first-order valence-corrected chi connectivity index (χ1v) is 7.18. The third-order valence-electron chi connectivity index (χ3n) is 3.57. The molecule has 0 radical (unpaired) electrons. The van der Waals surface area contributed by atoms with Gasteiger partial charge in [0.05, 0.1) is 16.2 Å². The highest BCUT2D eigenvalue weighted by Crippen LogP contribution is 2.35. The zero-order valence-electron chi connectivity index (χ0n) is 13.8. The van der Waals surface area contributed by atoms with Gasteiger partial charge in [-0.25, -0.2) is 14.0 Å². The highest BCUT2D eigenvalue weighted by molar-refractivity contribution is 5.96. The molecule has 0 amide bonds. The Morgan fingerprint density at radius 1 is 1.42 bits per heavy atom. The molecule has 1 rings (SSSR count). The van der Waals surface area contributed by atoms with E-state index < -0.39 is 40.4 Å². The number of carbonyl (C=O) groups excluding carboxylic acids is 1. The number of hydrogen-bond donors (Lipinski definition) is 1. The van der Waals surface area contributed by atoms with Crippen LogP contribution in [0.4, 0.5) is 15.8 Å². The number of benzene rings is 1. The molecule has 2 atom stereocenters. The molecule has 1 aromatic rings. The molecule has 0 bridgehead atoms. The van der Waals surface area contributed by atoms with Gasteiger partial charge >= 0.3 is 17.6 Å². The number of hydrogen-bond acceptors (Lipinski definition) is 6. The summed E-state index contributed by atoms with van der Waals surface area (Å²) in [5, 5.41) is 20.3. The SMILES string of the molecule is CC[C@H](C)[C@H](F)C(=O)Oc1cc(N(C)C)c(C(=O)O)cc1[N+](=O)[O-]. The van der Waals surface area contributed by atoms with E-state index in [9.17, 15) is 24.1 Å². The Morgan fingerprint density at radius 2 is 2.00 bits per heavy atom. The minimum atomic E-state index is -1.93. The quantitative estimate of drug-likeness (QED) is 0.351. The molecule has 1 aromatic carbocycles. The summed E-state index contributed by atoms with van der Waals surface area (Å²) >= 11 is 0. The first-order chi connectivity index (χ1) is 11.1. The number of alkyl halides is 1. The Morgan fingerprint density at radius 3 is 2.42 bits per heavy atom. The minimum Gasteiger partial charge on any atom is -0.478 e. The smallest absolute Gasteiger partial charge is 0.346 e. The number of anilines is 1. The monoisotopic (exact) mass is 342 g/mol. The summed E-state index contributed by atoms with van der Waals surface area (Å²) in [5.41, 5.74) is -0.956. The summed E-state index contributed by atoms with van der Waals surface area (Å²) in [4.78, 5) is 34.7. The van der Waals surface area contributed by atoms with E-state index in [-0.39, 0.29) is 11.3 Å². The maximum Gasteiger partial charge on any atom is 0.346 e. The molecule has 0 heterocycles. The molecule has 24 heavy (non-hydrogen) atoms. The fourth-order valence-electron chi connectivity index (χ4n) is 1.93. The second-order valence-electron chi connectivity index (χ2n) is 5.50. The predicted octanol–water partition coefficient (Wildman–Crippen LogP) is 2.65. The lowest BCUT2D eigenvalue weighted by Gasteiger charge is -2.18. The van der Waals surface area contributed by atoms with E-state index in [1.54, 1.807) is 6.92 Å². The van der Waals surface area contributed by atoms with Crippen LogP contribution in [0.25, 0.3) is 0 Å². The van der Waals surface area contributed by atoms with Gasteiger partial charge in [-0.1, -0.05) is 20.3 Å². The van der Waals surface area contributed by atoms with Crippen LogP contribution >= 0.6 is 0 Å². The summed E-state index contributed by atoms with van der Waals surface area (Å²) in [7, 11) is 3.05. The van der Waals surface area contributed by atoms with Gasteiger partial charge in [0, 0.05) is 26.2 Å². The molecule has 0 saturated heterocycles. The number of nitro groups is 1. The minimum absolute atomic E-state index is 0.0925. The van der Waals surface area contributed by atoms with Crippen LogP contribution < -0.4 is 9.64 Å². The molecular formula is C15H19FN2O6. The second-order valence-corrected chi connectivity index (χ2v) is 5.50. The molecule has 0 aliphatic carbocycles. The summed E-state index contributed by atoms with van der Waals surface area (Å²) in [6.45, 7) is 3.21. The van der Waals surface area contributed by atoms with Gasteiger partial charge in [0.15, 0.2) is 6.17 Å². The Hall–Kier alpha value is -2.71. The van der Waals surface area contributed by atoms with Gasteiger partial charge in [-0.2, -0.15) is 0 Å². The Kier molecular flexibility index (Phi) is 6.21. The number of carboxylic acid groups (broad SMARTS) is 1. The topological polar surface area (TPSA) is 110 Å². The Bertz CT molecular complexity index is 662. The van der Waals surface area contributed by atoms with Gasteiger partial charge < -0.3 is 14.7 Å². The number of esters is 1. The van der Waals surface area contributed by atoms with Crippen molar-refractivity contribution < 1.29 is 28.7 Å². The molecule has 0 spiro atoms.